The molecule has 2 aromatic rings. The molecular formula is C19H21N3O. The lowest BCUT2D eigenvalue weighted by Crippen LogP contribution is -2.36. The highest BCUT2D eigenvalue weighted by atomic mass is 16.2. The summed E-state index contributed by atoms with van der Waals surface area (Å²) in [5, 5.41) is 11.6. The lowest BCUT2D eigenvalue weighted by atomic mass is 9.98. The molecule has 0 aliphatic carbocycles. The van der Waals surface area contributed by atoms with E-state index in [0.717, 1.165) is 36.0 Å². The third-order valence-corrected chi connectivity index (χ3v) is 4.72. The number of hydrogen-bond donors (Lipinski definition) is 0. The van der Waals surface area contributed by atoms with Crippen LogP contribution in [0, 0.1) is 11.3 Å². The largest absolute Gasteiger partial charge is 0.317 e. The van der Waals surface area contributed by atoms with Gasteiger partial charge in [-0.1, -0.05) is 50.2 Å². The third-order valence-electron chi connectivity index (χ3n) is 4.72. The van der Waals surface area contributed by atoms with E-state index in [2.05, 4.69) is 24.8 Å². The van der Waals surface area contributed by atoms with Crippen molar-refractivity contribution in [1.29, 1.82) is 5.26 Å². The minimum atomic E-state index is -0.474. The van der Waals surface area contributed by atoms with Gasteiger partial charge in [-0.25, -0.2) is 0 Å². The smallest absolute Gasteiger partial charge is 0.256 e. The van der Waals surface area contributed by atoms with E-state index in [1.165, 1.54) is 0 Å². The van der Waals surface area contributed by atoms with E-state index in [0.29, 0.717) is 12.1 Å². The molecule has 118 valence electrons. The Balaban J connectivity index is 1.97. The first-order valence-corrected chi connectivity index (χ1v) is 8.15. The molecule has 23 heavy (non-hydrogen) atoms. The lowest BCUT2D eigenvalue weighted by molar-refractivity contribution is 0.0739. The predicted octanol–water partition coefficient (Wildman–Crippen LogP) is 3.20. The summed E-state index contributed by atoms with van der Waals surface area (Å²) in [6.45, 7) is 7.50. The number of amides is 1. The van der Waals surface area contributed by atoms with Gasteiger partial charge in [0, 0.05) is 18.7 Å². The van der Waals surface area contributed by atoms with Crippen LogP contribution in [-0.4, -0.2) is 41.9 Å². The molecule has 1 aliphatic heterocycles. The molecule has 1 unspecified atom stereocenters. The Morgan fingerprint density at radius 3 is 2.61 bits per heavy atom. The molecule has 1 heterocycles. The van der Waals surface area contributed by atoms with Crippen molar-refractivity contribution >= 4 is 16.7 Å². The van der Waals surface area contributed by atoms with Crippen molar-refractivity contribution in [2.75, 3.05) is 26.2 Å². The first-order chi connectivity index (χ1) is 11.2. The average molecular weight is 307 g/mol. The summed E-state index contributed by atoms with van der Waals surface area (Å²) in [6.07, 6.45) is 0. The second-order valence-electron chi connectivity index (χ2n) is 5.81. The summed E-state index contributed by atoms with van der Waals surface area (Å²) in [7, 11) is 0. The van der Waals surface area contributed by atoms with Crippen LogP contribution >= 0.6 is 0 Å². The predicted molar refractivity (Wildman–Crippen MR) is 91.1 cm³/mol. The maximum Gasteiger partial charge on any atom is 0.256 e. The molecule has 3 rings (SSSR count). The van der Waals surface area contributed by atoms with Gasteiger partial charge in [-0.15, -0.1) is 0 Å². The standard InChI is InChI=1S/C19H21N3O/c1-3-21(4-2)11-12-22-17(13-20)16-10-9-14-7-5-6-8-15(14)18(16)19(22)23/h5-10,17H,3-4,11-12H2,1-2H3. The first kappa shape index (κ1) is 15.5. The van der Waals surface area contributed by atoms with Crippen molar-refractivity contribution in [1.82, 2.24) is 9.80 Å². The van der Waals surface area contributed by atoms with Crippen LogP contribution in [0.15, 0.2) is 36.4 Å². The molecule has 1 atom stereocenters. The topological polar surface area (TPSA) is 47.3 Å². The molecular weight excluding hydrogens is 286 g/mol. The minimum absolute atomic E-state index is 0.0180. The fourth-order valence-corrected chi connectivity index (χ4v) is 3.34. The van der Waals surface area contributed by atoms with Gasteiger partial charge in [0.25, 0.3) is 5.91 Å². The molecule has 0 spiro atoms. The van der Waals surface area contributed by atoms with E-state index in [-0.39, 0.29) is 5.91 Å². The van der Waals surface area contributed by atoms with E-state index in [1.54, 1.807) is 4.90 Å². The monoisotopic (exact) mass is 307 g/mol. The third kappa shape index (κ3) is 2.58. The van der Waals surface area contributed by atoms with Gasteiger partial charge in [-0.05, 0) is 23.9 Å². The SMILES string of the molecule is CCN(CC)CCN1C(=O)c2c(ccc3ccccc23)C1C#N. The van der Waals surface area contributed by atoms with Crippen LogP contribution in [0.4, 0.5) is 0 Å². The van der Waals surface area contributed by atoms with Crippen molar-refractivity contribution < 1.29 is 4.79 Å². The number of fused-ring (bicyclic) bond motifs is 3. The molecule has 1 aliphatic rings. The molecule has 0 fully saturated rings. The number of rotatable bonds is 5. The van der Waals surface area contributed by atoms with E-state index in [9.17, 15) is 10.1 Å². The number of nitrogens with zero attached hydrogens (tertiary/aromatic N) is 3. The Kier molecular flexibility index (Phi) is 4.31. The van der Waals surface area contributed by atoms with Crippen LogP contribution in [0.3, 0.4) is 0 Å². The highest BCUT2D eigenvalue weighted by Crippen LogP contribution is 2.37. The summed E-state index contributed by atoms with van der Waals surface area (Å²) in [5.74, 6) is -0.0180. The lowest BCUT2D eigenvalue weighted by Gasteiger charge is -2.24. The number of likely N-dealkylation sites (N-methyl/N-ethyl adjacent to an activating group) is 1. The van der Waals surface area contributed by atoms with Crippen LogP contribution in [0.1, 0.15) is 35.8 Å². The van der Waals surface area contributed by atoms with Gasteiger partial charge in [0.1, 0.15) is 6.04 Å². The van der Waals surface area contributed by atoms with Crippen LogP contribution in [0.2, 0.25) is 0 Å². The maximum absolute atomic E-state index is 12.9. The normalized spacial score (nSPS) is 16.9. The highest BCUT2D eigenvalue weighted by molar-refractivity contribution is 6.11. The van der Waals surface area contributed by atoms with Gasteiger partial charge in [0.05, 0.1) is 11.6 Å². The van der Waals surface area contributed by atoms with Gasteiger partial charge >= 0.3 is 0 Å². The van der Waals surface area contributed by atoms with Crippen LogP contribution < -0.4 is 0 Å². The van der Waals surface area contributed by atoms with Crippen molar-refractivity contribution in [2.24, 2.45) is 0 Å². The molecule has 0 N–H and O–H groups in total. The Labute approximate surface area is 136 Å². The maximum atomic E-state index is 12.9. The number of carbonyl (C=O) groups excluding carboxylic acids is 1. The Bertz CT molecular complexity index is 774. The van der Waals surface area contributed by atoms with Gasteiger partial charge in [0.15, 0.2) is 0 Å². The summed E-state index contributed by atoms with van der Waals surface area (Å²) < 4.78 is 0. The molecule has 0 saturated carbocycles. The van der Waals surface area contributed by atoms with E-state index in [1.807, 2.05) is 36.4 Å². The summed E-state index contributed by atoms with van der Waals surface area (Å²) in [6, 6.07) is 13.6. The molecule has 0 aromatic heterocycles. The van der Waals surface area contributed by atoms with Gasteiger partial charge in [0.2, 0.25) is 0 Å². The molecule has 0 radical (unpaired) electrons. The second kappa shape index (κ2) is 6.39. The fourth-order valence-electron chi connectivity index (χ4n) is 3.34. The van der Waals surface area contributed by atoms with Gasteiger partial charge in [-0.3, -0.25) is 4.79 Å². The number of hydrogen-bond acceptors (Lipinski definition) is 3. The van der Waals surface area contributed by atoms with Crippen molar-refractivity contribution in [3.63, 3.8) is 0 Å². The van der Waals surface area contributed by atoms with Gasteiger partial charge in [-0.2, -0.15) is 5.26 Å². The van der Waals surface area contributed by atoms with Crippen LogP contribution in [0.5, 0.6) is 0 Å². The van der Waals surface area contributed by atoms with E-state index < -0.39 is 6.04 Å². The number of benzene rings is 2. The van der Waals surface area contributed by atoms with E-state index in [4.69, 9.17) is 0 Å². The van der Waals surface area contributed by atoms with Crippen LogP contribution in [0.25, 0.3) is 10.8 Å². The zero-order chi connectivity index (χ0) is 16.4. The van der Waals surface area contributed by atoms with Crippen molar-refractivity contribution in [3.05, 3.63) is 47.5 Å². The number of nitriles is 1. The molecule has 4 nitrogen and oxygen atoms in total. The molecule has 4 heteroatoms. The summed E-state index contributed by atoms with van der Waals surface area (Å²) in [4.78, 5) is 16.9. The van der Waals surface area contributed by atoms with Crippen molar-refractivity contribution in [2.45, 2.75) is 19.9 Å². The van der Waals surface area contributed by atoms with Crippen molar-refractivity contribution in [3.8, 4) is 6.07 Å². The van der Waals surface area contributed by atoms with Gasteiger partial charge < -0.3 is 9.80 Å². The quantitative estimate of drug-likeness (QED) is 0.852. The average Bonchev–Trinajstić information content (AvgIpc) is 2.87. The minimum Gasteiger partial charge on any atom is -0.317 e. The zero-order valence-electron chi connectivity index (χ0n) is 13.6. The zero-order valence-corrected chi connectivity index (χ0v) is 13.6. The Morgan fingerprint density at radius 2 is 1.91 bits per heavy atom. The summed E-state index contributed by atoms with van der Waals surface area (Å²) in [5.41, 5.74) is 1.55. The summed E-state index contributed by atoms with van der Waals surface area (Å²) >= 11 is 0. The second-order valence-corrected chi connectivity index (χ2v) is 5.81. The van der Waals surface area contributed by atoms with E-state index >= 15 is 0 Å². The molecule has 0 bridgehead atoms. The molecule has 0 saturated heterocycles. The Morgan fingerprint density at radius 1 is 1.17 bits per heavy atom. The first-order valence-electron chi connectivity index (χ1n) is 8.15. The number of carbonyl (C=O) groups is 1. The Hall–Kier alpha value is -2.38. The fraction of sp³-hybridized carbons (Fsp3) is 0.368. The highest BCUT2D eigenvalue weighted by Gasteiger charge is 2.37. The molecule has 1 amide bonds. The molecule has 2 aromatic carbocycles. The van der Waals surface area contributed by atoms with Crippen LogP contribution in [-0.2, 0) is 0 Å².